The van der Waals surface area contributed by atoms with Gasteiger partial charge in [0.15, 0.2) is 0 Å². The maximum absolute atomic E-state index is 10.2. The minimum Gasteiger partial charge on any atom is -0.508 e. The van der Waals surface area contributed by atoms with Crippen LogP contribution in [0.5, 0.6) is 11.5 Å². The minimum absolute atomic E-state index is 0.234. The van der Waals surface area contributed by atoms with Crippen molar-refractivity contribution in [3.8, 4) is 11.5 Å². The standard InChI is InChI=1S/2C13H18O2/c2*1-9-5-6-11(7-9)13(15)10-3-2-4-12(14)8-10/h2*2-4,8-9,11,13-15H,5-7H2,1H3/t2*9-,11+,13-/m10/s1. The lowest BCUT2D eigenvalue weighted by molar-refractivity contribution is 0.109. The number of aliphatic hydroxyl groups excluding tert-OH is 2. The second-order valence-electron chi connectivity index (χ2n) is 9.44. The fourth-order valence-electron chi connectivity index (χ4n) is 5.04. The van der Waals surface area contributed by atoms with Crippen molar-refractivity contribution >= 4 is 0 Å². The first-order chi connectivity index (χ1) is 14.3. The van der Waals surface area contributed by atoms with Gasteiger partial charge in [-0.1, -0.05) is 51.0 Å². The van der Waals surface area contributed by atoms with Gasteiger partial charge in [-0.15, -0.1) is 0 Å². The van der Waals surface area contributed by atoms with Gasteiger partial charge in [-0.2, -0.15) is 0 Å². The summed E-state index contributed by atoms with van der Waals surface area (Å²) < 4.78 is 0. The molecule has 2 aliphatic rings. The maximum Gasteiger partial charge on any atom is 0.115 e. The first kappa shape index (κ1) is 22.6. The van der Waals surface area contributed by atoms with Crippen LogP contribution >= 0.6 is 0 Å². The Bertz CT molecular complexity index is 738. The zero-order chi connectivity index (χ0) is 21.7. The number of aliphatic hydroxyl groups is 2. The summed E-state index contributed by atoms with van der Waals surface area (Å²) in [5, 5.41) is 39.0. The molecule has 164 valence electrons. The van der Waals surface area contributed by atoms with Crippen LogP contribution in [0.25, 0.3) is 0 Å². The van der Waals surface area contributed by atoms with Crippen LogP contribution in [-0.2, 0) is 0 Å². The lowest BCUT2D eigenvalue weighted by atomic mass is 9.93. The quantitative estimate of drug-likeness (QED) is 0.517. The molecule has 4 nitrogen and oxygen atoms in total. The predicted molar refractivity (Wildman–Crippen MR) is 119 cm³/mol. The Hall–Kier alpha value is -2.04. The summed E-state index contributed by atoms with van der Waals surface area (Å²) in [5.41, 5.74) is 1.68. The molecule has 0 amide bonds. The number of phenols is 2. The van der Waals surface area contributed by atoms with E-state index in [9.17, 15) is 20.4 Å². The normalized spacial score (nSPS) is 27.9. The van der Waals surface area contributed by atoms with Gasteiger partial charge in [0.25, 0.3) is 0 Å². The van der Waals surface area contributed by atoms with E-state index in [4.69, 9.17) is 0 Å². The third-order valence-electron chi connectivity index (χ3n) is 6.79. The third-order valence-corrected chi connectivity index (χ3v) is 6.79. The fourth-order valence-corrected chi connectivity index (χ4v) is 5.04. The molecule has 0 saturated heterocycles. The first-order valence-electron chi connectivity index (χ1n) is 11.3. The molecule has 0 bridgehead atoms. The molecule has 4 rings (SSSR count). The van der Waals surface area contributed by atoms with E-state index in [2.05, 4.69) is 13.8 Å². The van der Waals surface area contributed by atoms with E-state index >= 15 is 0 Å². The van der Waals surface area contributed by atoms with Crippen LogP contribution in [0.3, 0.4) is 0 Å². The number of benzene rings is 2. The van der Waals surface area contributed by atoms with Gasteiger partial charge >= 0.3 is 0 Å². The molecular weight excluding hydrogens is 376 g/mol. The van der Waals surface area contributed by atoms with Gasteiger partial charge in [-0.05, 0) is 84.7 Å². The highest BCUT2D eigenvalue weighted by Crippen LogP contribution is 2.40. The van der Waals surface area contributed by atoms with E-state index in [1.54, 1.807) is 36.4 Å². The van der Waals surface area contributed by atoms with E-state index < -0.39 is 12.2 Å². The second-order valence-corrected chi connectivity index (χ2v) is 9.44. The van der Waals surface area contributed by atoms with Crippen LogP contribution in [0.1, 0.15) is 75.7 Å². The minimum atomic E-state index is -0.415. The first-order valence-corrected chi connectivity index (χ1v) is 11.3. The van der Waals surface area contributed by atoms with Crippen LogP contribution in [0, 0.1) is 23.7 Å². The van der Waals surface area contributed by atoms with Crippen molar-refractivity contribution in [1.82, 2.24) is 0 Å². The summed E-state index contributed by atoms with van der Waals surface area (Å²) in [5.74, 6) is 2.64. The molecule has 2 aliphatic carbocycles. The number of aromatic hydroxyl groups is 2. The molecule has 0 heterocycles. The average molecular weight is 413 g/mol. The van der Waals surface area contributed by atoms with Gasteiger partial charge in [0.1, 0.15) is 11.5 Å². The fraction of sp³-hybridized carbons (Fsp3) is 0.538. The van der Waals surface area contributed by atoms with Crippen molar-refractivity contribution < 1.29 is 20.4 Å². The smallest absolute Gasteiger partial charge is 0.115 e. The Balaban J connectivity index is 0.000000171. The van der Waals surface area contributed by atoms with Crippen molar-refractivity contribution in [3.05, 3.63) is 59.7 Å². The topological polar surface area (TPSA) is 80.9 Å². The molecule has 6 atom stereocenters. The molecule has 0 spiro atoms. The molecule has 2 aromatic carbocycles. The van der Waals surface area contributed by atoms with E-state index in [-0.39, 0.29) is 11.5 Å². The Morgan fingerprint density at radius 3 is 1.37 bits per heavy atom. The molecule has 0 radical (unpaired) electrons. The summed E-state index contributed by atoms with van der Waals surface area (Å²) in [4.78, 5) is 0. The number of hydrogen-bond donors (Lipinski definition) is 4. The second kappa shape index (κ2) is 10.3. The van der Waals surface area contributed by atoms with Gasteiger partial charge < -0.3 is 20.4 Å². The molecule has 0 aliphatic heterocycles. The van der Waals surface area contributed by atoms with Gasteiger partial charge in [-0.3, -0.25) is 0 Å². The molecule has 2 aromatic rings. The van der Waals surface area contributed by atoms with Gasteiger partial charge in [0.05, 0.1) is 12.2 Å². The monoisotopic (exact) mass is 412 g/mol. The highest BCUT2D eigenvalue weighted by Gasteiger charge is 2.29. The van der Waals surface area contributed by atoms with Crippen LogP contribution < -0.4 is 0 Å². The van der Waals surface area contributed by atoms with Crippen molar-refractivity contribution in [2.75, 3.05) is 0 Å². The van der Waals surface area contributed by atoms with E-state index in [1.807, 2.05) is 12.1 Å². The molecule has 0 aromatic heterocycles. The summed E-state index contributed by atoms with van der Waals surface area (Å²) >= 11 is 0. The van der Waals surface area contributed by atoms with Crippen LogP contribution in [-0.4, -0.2) is 20.4 Å². The zero-order valence-electron chi connectivity index (χ0n) is 18.1. The Morgan fingerprint density at radius 1 is 0.667 bits per heavy atom. The number of hydrogen-bond acceptors (Lipinski definition) is 4. The van der Waals surface area contributed by atoms with Crippen molar-refractivity contribution in [2.45, 2.75) is 64.6 Å². The van der Waals surface area contributed by atoms with Crippen LogP contribution in [0.2, 0.25) is 0 Å². The lowest BCUT2D eigenvalue weighted by Crippen LogP contribution is -2.09. The SMILES string of the molecule is C[C@@H]1CC[C@H]([C@H](O)c2cccc(O)c2)C1.C[C@H]1CC[C@@H]([C@@H](O)c2cccc(O)c2)C1. The Kier molecular flexibility index (Phi) is 7.79. The Labute approximate surface area is 180 Å². The summed E-state index contributed by atoms with van der Waals surface area (Å²) in [6, 6.07) is 13.9. The van der Waals surface area contributed by atoms with E-state index in [0.717, 1.165) is 48.6 Å². The van der Waals surface area contributed by atoms with Crippen molar-refractivity contribution in [1.29, 1.82) is 0 Å². The molecule has 4 heteroatoms. The van der Waals surface area contributed by atoms with Crippen molar-refractivity contribution in [3.63, 3.8) is 0 Å². The predicted octanol–water partition coefficient (Wildman–Crippen LogP) is 5.72. The van der Waals surface area contributed by atoms with Crippen LogP contribution in [0.4, 0.5) is 0 Å². The molecule has 2 saturated carbocycles. The largest absolute Gasteiger partial charge is 0.508 e. The maximum atomic E-state index is 10.2. The molecule has 30 heavy (non-hydrogen) atoms. The van der Waals surface area contributed by atoms with Gasteiger partial charge in [-0.25, -0.2) is 0 Å². The third kappa shape index (κ3) is 5.99. The summed E-state index contributed by atoms with van der Waals surface area (Å²) in [6.07, 6.45) is 5.97. The highest BCUT2D eigenvalue weighted by molar-refractivity contribution is 5.29. The lowest BCUT2D eigenvalue weighted by Gasteiger charge is -2.18. The highest BCUT2D eigenvalue weighted by atomic mass is 16.3. The molecule has 4 N–H and O–H groups in total. The molecular formula is C26H36O4. The average Bonchev–Trinajstić information content (AvgIpc) is 3.36. The number of phenolic OH excluding ortho intramolecular Hbond substituents is 2. The summed E-state index contributed by atoms with van der Waals surface area (Å²) in [6.45, 7) is 4.46. The van der Waals surface area contributed by atoms with Crippen LogP contribution in [0.15, 0.2) is 48.5 Å². The number of rotatable bonds is 4. The van der Waals surface area contributed by atoms with Gasteiger partial charge in [0, 0.05) is 0 Å². The van der Waals surface area contributed by atoms with E-state index in [0.29, 0.717) is 11.8 Å². The van der Waals surface area contributed by atoms with Crippen molar-refractivity contribution in [2.24, 2.45) is 23.7 Å². The zero-order valence-corrected chi connectivity index (χ0v) is 18.1. The van der Waals surface area contributed by atoms with Gasteiger partial charge in [0.2, 0.25) is 0 Å². The summed E-state index contributed by atoms with van der Waals surface area (Å²) in [7, 11) is 0. The molecule has 0 unspecified atom stereocenters. The molecule has 2 fully saturated rings. The van der Waals surface area contributed by atoms with E-state index in [1.165, 1.54) is 12.8 Å². The Morgan fingerprint density at radius 2 is 1.07 bits per heavy atom.